The molecule has 4 heteroatoms. The molecule has 1 N–H and O–H groups in total. The third-order valence-electron chi connectivity index (χ3n) is 3.71. The van der Waals surface area contributed by atoms with E-state index in [1.165, 1.54) is 25.2 Å². The molecule has 0 amide bonds. The molecule has 1 saturated carbocycles. The Morgan fingerprint density at radius 3 is 3.13 bits per heavy atom. The summed E-state index contributed by atoms with van der Waals surface area (Å²) in [5.41, 5.74) is 0.566. The molecule has 82 valence electrons. The summed E-state index contributed by atoms with van der Waals surface area (Å²) in [6.45, 7) is 2.83. The second kappa shape index (κ2) is 3.32. The zero-order valence-corrected chi connectivity index (χ0v) is 9.07. The Balaban J connectivity index is 1.76. The van der Waals surface area contributed by atoms with Crippen LogP contribution in [0.4, 0.5) is 0 Å². The number of ether oxygens (including phenoxy) is 1. The van der Waals surface area contributed by atoms with Crippen LogP contribution < -0.4 is 5.32 Å². The van der Waals surface area contributed by atoms with Crippen molar-refractivity contribution in [3.63, 3.8) is 0 Å². The maximum Gasteiger partial charge on any atom is 0.126 e. The van der Waals surface area contributed by atoms with Gasteiger partial charge in [0.1, 0.15) is 5.82 Å². The monoisotopic (exact) mass is 207 g/mol. The van der Waals surface area contributed by atoms with Crippen molar-refractivity contribution in [1.82, 2.24) is 14.9 Å². The quantitative estimate of drug-likeness (QED) is 0.799. The van der Waals surface area contributed by atoms with Gasteiger partial charge in [0.25, 0.3) is 0 Å². The maximum atomic E-state index is 5.10. The van der Waals surface area contributed by atoms with Crippen LogP contribution in [0.25, 0.3) is 0 Å². The topological polar surface area (TPSA) is 39.1 Å². The van der Waals surface area contributed by atoms with Crippen molar-refractivity contribution in [3.05, 3.63) is 18.2 Å². The van der Waals surface area contributed by atoms with Crippen LogP contribution in [0.5, 0.6) is 0 Å². The van der Waals surface area contributed by atoms with E-state index >= 15 is 0 Å². The second-order valence-corrected chi connectivity index (χ2v) is 4.65. The normalized spacial score (nSPS) is 26.6. The van der Waals surface area contributed by atoms with Gasteiger partial charge in [-0.05, 0) is 12.8 Å². The highest BCUT2D eigenvalue weighted by atomic mass is 16.5. The van der Waals surface area contributed by atoms with Gasteiger partial charge in [-0.1, -0.05) is 0 Å². The average molecular weight is 207 g/mol. The predicted octanol–water partition coefficient (Wildman–Crippen LogP) is 0.954. The van der Waals surface area contributed by atoms with Crippen molar-refractivity contribution in [3.8, 4) is 0 Å². The van der Waals surface area contributed by atoms with Crippen LogP contribution in [0.3, 0.4) is 0 Å². The zero-order chi connectivity index (χ0) is 10.3. The molecule has 4 nitrogen and oxygen atoms in total. The van der Waals surface area contributed by atoms with E-state index in [1.807, 2.05) is 12.4 Å². The van der Waals surface area contributed by atoms with Crippen LogP contribution in [0, 0.1) is 5.41 Å². The van der Waals surface area contributed by atoms with E-state index in [2.05, 4.69) is 14.9 Å². The average Bonchev–Trinajstić information content (AvgIpc) is 2.94. The van der Waals surface area contributed by atoms with Gasteiger partial charge in [0.15, 0.2) is 0 Å². The molecule has 0 aromatic carbocycles. The molecular formula is C11H17N3O. The molecule has 15 heavy (non-hydrogen) atoms. The SMILES string of the molecule is COCCn1ccnc1[C@@H]1NCC12CC2. The Bertz CT molecular complexity index is 356. The van der Waals surface area contributed by atoms with Crippen molar-refractivity contribution < 1.29 is 4.74 Å². The molecule has 1 aromatic heterocycles. The van der Waals surface area contributed by atoms with Gasteiger partial charge in [-0.3, -0.25) is 0 Å². The van der Waals surface area contributed by atoms with Gasteiger partial charge in [0.05, 0.1) is 12.6 Å². The van der Waals surface area contributed by atoms with Gasteiger partial charge in [0, 0.05) is 38.0 Å². The van der Waals surface area contributed by atoms with Gasteiger partial charge in [-0.15, -0.1) is 0 Å². The van der Waals surface area contributed by atoms with Crippen LogP contribution in [-0.4, -0.2) is 29.8 Å². The number of nitrogens with zero attached hydrogens (tertiary/aromatic N) is 2. The smallest absolute Gasteiger partial charge is 0.126 e. The lowest BCUT2D eigenvalue weighted by Gasteiger charge is -2.38. The minimum absolute atomic E-state index is 0.490. The van der Waals surface area contributed by atoms with E-state index < -0.39 is 0 Å². The summed E-state index contributed by atoms with van der Waals surface area (Å²) in [5, 5.41) is 3.49. The van der Waals surface area contributed by atoms with Crippen molar-refractivity contribution >= 4 is 0 Å². The standard InChI is InChI=1S/C11H17N3O/c1-15-7-6-14-5-4-12-10(14)9-11(2-3-11)8-13-9/h4-5,9,13H,2-3,6-8H2,1H3/t9-/m0/s1. The molecular weight excluding hydrogens is 190 g/mol. The van der Waals surface area contributed by atoms with Gasteiger partial charge < -0.3 is 14.6 Å². The van der Waals surface area contributed by atoms with E-state index in [0.717, 1.165) is 13.2 Å². The summed E-state index contributed by atoms with van der Waals surface area (Å²) >= 11 is 0. The molecule has 1 spiro atoms. The Kier molecular flexibility index (Phi) is 2.07. The largest absolute Gasteiger partial charge is 0.383 e. The lowest BCUT2D eigenvalue weighted by molar-refractivity contribution is 0.171. The first kappa shape index (κ1) is 9.36. The third-order valence-corrected chi connectivity index (χ3v) is 3.71. The fraction of sp³-hybridized carbons (Fsp3) is 0.727. The molecule has 1 atom stereocenters. The number of hydrogen-bond donors (Lipinski definition) is 1. The van der Waals surface area contributed by atoms with Crippen molar-refractivity contribution in [1.29, 1.82) is 0 Å². The molecule has 1 aliphatic carbocycles. The first-order valence-corrected chi connectivity index (χ1v) is 5.59. The highest BCUT2D eigenvalue weighted by Gasteiger charge is 2.57. The molecule has 1 aromatic rings. The number of methoxy groups -OCH3 is 1. The molecule has 0 unspecified atom stereocenters. The lowest BCUT2D eigenvalue weighted by Crippen LogP contribution is -2.48. The van der Waals surface area contributed by atoms with E-state index in [9.17, 15) is 0 Å². The first-order chi connectivity index (χ1) is 7.36. The first-order valence-electron chi connectivity index (χ1n) is 5.59. The summed E-state index contributed by atoms with van der Waals surface area (Å²) < 4.78 is 7.31. The minimum Gasteiger partial charge on any atom is -0.383 e. The van der Waals surface area contributed by atoms with Crippen molar-refractivity contribution in [2.45, 2.75) is 25.4 Å². The Hall–Kier alpha value is -0.870. The fourth-order valence-electron chi connectivity index (χ4n) is 2.44. The van der Waals surface area contributed by atoms with Gasteiger partial charge in [-0.2, -0.15) is 0 Å². The highest BCUT2D eigenvalue weighted by Crippen LogP contribution is 2.59. The van der Waals surface area contributed by atoms with Gasteiger partial charge in [-0.25, -0.2) is 4.98 Å². The molecule has 2 aliphatic rings. The van der Waals surface area contributed by atoms with Crippen LogP contribution in [0.15, 0.2) is 12.4 Å². The highest BCUT2D eigenvalue weighted by molar-refractivity contribution is 5.19. The third kappa shape index (κ3) is 1.40. The Morgan fingerprint density at radius 2 is 2.53 bits per heavy atom. The Labute approximate surface area is 89.6 Å². The Morgan fingerprint density at radius 1 is 1.67 bits per heavy atom. The molecule has 0 radical (unpaired) electrons. The van der Waals surface area contributed by atoms with E-state index in [0.29, 0.717) is 11.5 Å². The fourth-order valence-corrected chi connectivity index (χ4v) is 2.44. The minimum atomic E-state index is 0.490. The summed E-state index contributed by atoms with van der Waals surface area (Å²) in [6, 6.07) is 0.490. The summed E-state index contributed by atoms with van der Waals surface area (Å²) in [5.74, 6) is 1.19. The second-order valence-electron chi connectivity index (χ2n) is 4.65. The summed E-state index contributed by atoms with van der Waals surface area (Å²) in [6.07, 6.45) is 6.66. The summed E-state index contributed by atoms with van der Waals surface area (Å²) in [7, 11) is 1.74. The zero-order valence-electron chi connectivity index (χ0n) is 9.07. The lowest BCUT2D eigenvalue weighted by atomic mass is 9.87. The van der Waals surface area contributed by atoms with Crippen LogP contribution in [-0.2, 0) is 11.3 Å². The molecule has 0 bridgehead atoms. The number of nitrogens with one attached hydrogen (secondary N) is 1. The number of imidazole rings is 1. The summed E-state index contributed by atoms with van der Waals surface area (Å²) in [4.78, 5) is 4.47. The number of rotatable bonds is 4. The van der Waals surface area contributed by atoms with Crippen molar-refractivity contribution in [2.24, 2.45) is 5.41 Å². The molecule has 2 heterocycles. The molecule has 3 rings (SSSR count). The van der Waals surface area contributed by atoms with Gasteiger partial charge in [0.2, 0.25) is 0 Å². The van der Waals surface area contributed by atoms with Crippen LogP contribution in [0.2, 0.25) is 0 Å². The molecule has 2 fully saturated rings. The number of hydrogen-bond acceptors (Lipinski definition) is 3. The van der Waals surface area contributed by atoms with Crippen LogP contribution >= 0.6 is 0 Å². The number of aromatic nitrogens is 2. The van der Waals surface area contributed by atoms with Crippen LogP contribution in [0.1, 0.15) is 24.7 Å². The van der Waals surface area contributed by atoms with E-state index in [4.69, 9.17) is 4.74 Å². The molecule has 1 saturated heterocycles. The molecule has 1 aliphatic heterocycles. The van der Waals surface area contributed by atoms with Crippen molar-refractivity contribution in [2.75, 3.05) is 20.3 Å². The predicted molar refractivity (Wildman–Crippen MR) is 56.5 cm³/mol. The van der Waals surface area contributed by atoms with E-state index in [1.54, 1.807) is 7.11 Å². The van der Waals surface area contributed by atoms with E-state index in [-0.39, 0.29) is 0 Å². The van der Waals surface area contributed by atoms with Gasteiger partial charge >= 0.3 is 0 Å². The maximum absolute atomic E-state index is 5.10.